The Kier molecular flexibility index (Phi) is 6.76. The van der Waals surface area contributed by atoms with Crippen LogP contribution in [-0.4, -0.2) is 50.9 Å². The van der Waals surface area contributed by atoms with Crippen LogP contribution >= 0.6 is 12.2 Å². The number of carbonyl (C=O) groups is 1. The fourth-order valence-electron chi connectivity index (χ4n) is 4.63. The lowest BCUT2D eigenvalue weighted by Gasteiger charge is -2.28. The minimum Gasteiger partial charge on any atom is -0.465 e. The molecule has 3 aromatic rings. The third-order valence-corrected chi connectivity index (χ3v) is 6.45. The number of hydrogen-bond donors (Lipinski definition) is 2. The molecule has 2 N–H and O–H groups in total. The highest BCUT2D eigenvalue weighted by atomic mass is 32.1. The number of rotatable bonds is 7. The van der Waals surface area contributed by atoms with Crippen LogP contribution in [0.2, 0.25) is 0 Å². The van der Waals surface area contributed by atoms with Gasteiger partial charge in [0.05, 0.1) is 36.1 Å². The van der Waals surface area contributed by atoms with Crippen LogP contribution in [0.25, 0.3) is 5.69 Å². The molecule has 0 saturated carbocycles. The van der Waals surface area contributed by atoms with Crippen LogP contribution in [0.5, 0.6) is 0 Å². The van der Waals surface area contributed by atoms with E-state index in [0.29, 0.717) is 23.6 Å². The molecule has 0 radical (unpaired) electrons. The van der Waals surface area contributed by atoms with Gasteiger partial charge in [-0.2, -0.15) is 0 Å². The summed E-state index contributed by atoms with van der Waals surface area (Å²) < 4.78 is 7.10. The summed E-state index contributed by atoms with van der Waals surface area (Å²) in [6, 6.07) is 15.2. The van der Waals surface area contributed by atoms with E-state index in [-0.39, 0.29) is 24.7 Å². The van der Waals surface area contributed by atoms with Gasteiger partial charge in [0, 0.05) is 30.7 Å². The van der Waals surface area contributed by atoms with E-state index in [1.54, 1.807) is 12.3 Å². The lowest BCUT2D eigenvalue weighted by molar-refractivity contribution is 0.0600. The molecule has 0 unspecified atom stereocenters. The number of esters is 1. The number of aliphatic hydroxyl groups excluding tert-OH is 1. The number of aliphatic hydroxyl groups is 1. The zero-order chi connectivity index (χ0) is 23.5. The molecule has 1 aromatic carbocycles. The van der Waals surface area contributed by atoms with E-state index in [0.717, 1.165) is 28.3 Å². The molecule has 172 valence electrons. The highest BCUT2D eigenvalue weighted by molar-refractivity contribution is 7.80. The number of para-hydroxylation sites is 1. The van der Waals surface area contributed by atoms with Crippen molar-refractivity contribution in [2.24, 2.45) is 0 Å². The van der Waals surface area contributed by atoms with Crippen molar-refractivity contribution < 1.29 is 14.6 Å². The zero-order valence-electron chi connectivity index (χ0n) is 19.0. The molecular formula is C25H28N4O3S. The molecule has 1 aliphatic heterocycles. The summed E-state index contributed by atoms with van der Waals surface area (Å²) in [4.78, 5) is 19.2. The first kappa shape index (κ1) is 22.9. The van der Waals surface area contributed by atoms with Gasteiger partial charge in [0.1, 0.15) is 0 Å². The molecule has 33 heavy (non-hydrogen) atoms. The highest BCUT2D eigenvalue weighted by Crippen LogP contribution is 2.41. The Labute approximate surface area is 199 Å². The van der Waals surface area contributed by atoms with Gasteiger partial charge in [-0.15, -0.1) is 0 Å². The molecule has 2 aromatic heterocycles. The second-order valence-electron chi connectivity index (χ2n) is 8.07. The van der Waals surface area contributed by atoms with Gasteiger partial charge in [-0.25, -0.2) is 4.79 Å². The summed E-state index contributed by atoms with van der Waals surface area (Å²) in [5.41, 5.74) is 5.28. The first-order valence-electron chi connectivity index (χ1n) is 10.9. The number of thiocarbonyl (C=S) groups is 1. The maximum absolute atomic E-state index is 12.4. The van der Waals surface area contributed by atoms with E-state index in [9.17, 15) is 9.90 Å². The lowest BCUT2D eigenvalue weighted by Crippen LogP contribution is -2.31. The number of benzene rings is 1. The molecule has 3 heterocycles. The Morgan fingerprint density at radius 2 is 1.97 bits per heavy atom. The van der Waals surface area contributed by atoms with E-state index in [1.807, 2.05) is 43.3 Å². The summed E-state index contributed by atoms with van der Waals surface area (Å²) in [5, 5.41) is 13.5. The van der Waals surface area contributed by atoms with E-state index in [2.05, 4.69) is 32.8 Å². The van der Waals surface area contributed by atoms with Gasteiger partial charge >= 0.3 is 5.97 Å². The van der Waals surface area contributed by atoms with E-state index in [1.165, 1.54) is 7.11 Å². The number of methoxy groups -OCH3 is 1. The molecule has 7 nitrogen and oxygen atoms in total. The Hall–Kier alpha value is -3.23. The van der Waals surface area contributed by atoms with Gasteiger partial charge in [0.25, 0.3) is 0 Å². The zero-order valence-corrected chi connectivity index (χ0v) is 19.8. The minimum absolute atomic E-state index is 0.0889. The SMILES string of the molecule is COC(=O)c1ccccc1-n1c(C)cc([C@H]2[C@H](c3ccccn3)NC(=S)N2CCCO)c1C. The van der Waals surface area contributed by atoms with Crippen molar-refractivity contribution in [3.63, 3.8) is 0 Å². The Bertz CT molecular complexity index is 1160. The third-order valence-electron chi connectivity index (χ3n) is 6.09. The third kappa shape index (κ3) is 4.24. The van der Waals surface area contributed by atoms with Crippen molar-refractivity contribution >= 4 is 23.3 Å². The molecule has 8 heteroatoms. The van der Waals surface area contributed by atoms with Crippen LogP contribution in [0.15, 0.2) is 54.7 Å². The molecule has 4 rings (SSSR count). The van der Waals surface area contributed by atoms with Gasteiger partial charge in [-0.3, -0.25) is 4.98 Å². The van der Waals surface area contributed by atoms with Crippen molar-refractivity contribution in [3.8, 4) is 5.69 Å². The molecule has 0 aliphatic carbocycles. The summed E-state index contributed by atoms with van der Waals surface area (Å²) in [6.45, 7) is 4.79. The van der Waals surface area contributed by atoms with Gasteiger partial charge in [0.2, 0.25) is 0 Å². The van der Waals surface area contributed by atoms with E-state index < -0.39 is 0 Å². The Morgan fingerprint density at radius 1 is 1.21 bits per heavy atom. The Morgan fingerprint density at radius 3 is 2.67 bits per heavy atom. The van der Waals surface area contributed by atoms with E-state index >= 15 is 0 Å². The number of pyridine rings is 1. The lowest BCUT2D eigenvalue weighted by atomic mass is 9.96. The summed E-state index contributed by atoms with van der Waals surface area (Å²) in [7, 11) is 1.39. The van der Waals surface area contributed by atoms with Crippen molar-refractivity contribution in [2.45, 2.75) is 32.4 Å². The predicted octanol–water partition coefficient (Wildman–Crippen LogP) is 3.63. The first-order valence-corrected chi connectivity index (χ1v) is 11.3. The van der Waals surface area contributed by atoms with Crippen LogP contribution in [0.1, 0.15) is 51.5 Å². The van der Waals surface area contributed by atoms with Crippen molar-refractivity contribution in [1.29, 1.82) is 0 Å². The van der Waals surface area contributed by atoms with Crippen LogP contribution < -0.4 is 5.32 Å². The number of carbonyl (C=O) groups excluding carboxylic acids is 1. The molecule has 0 amide bonds. The first-order chi connectivity index (χ1) is 16.0. The topological polar surface area (TPSA) is 79.6 Å². The van der Waals surface area contributed by atoms with Crippen molar-refractivity contribution in [2.75, 3.05) is 20.3 Å². The molecule has 2 atom stereocenters. The number of nitrogens with zero attached hydrogens (tertiary/aromatic N) is 3. The minimum atomic E-state index is -0.376. The summed E-state index contributed by atoms with van der Waals surface area (Å²) in [5.74, 6) is -0.376. The predicted molar refractivity (Wildman–Crippen MR) is 130 cm³/mol. The van der Waals surface area contributed by atoms with Gasteiger partial charge in [-0.1, -0.05) is 18.2 Å². The number of aromatic nitrogens is 2. The molecular weight excluding hydrogens is 436 g/mol. The number of aryl methyl sites for hydroxylation is 1. The largest absolute Gasteiger partial charge is 0.465 e. The molecule has 1 fully saturated rings. The number of ether oxygens (including phenoxy) is 1. The fourth-order valence-corrected chi connectivity index (χ4v) is 4.97. The van der Waals surface area contributed by atoms with Crippen LogP contribution in [0.4, 0.5) is 0 Å². The maximum Gasteiger partial charge on any atom is 0.339 e. The van der Waals surface area contributed by atoms with Crippen LogP contribution in [0, 0.1) is 13.8 Å². The van der Waals surface area contributed by atoms with Gasteiger partial charge in [-0.05, 0) is 68.4 Å². The second-order valence-corrected chi connectivity index (χ2v) is 8.45. The maximum atomic E-state index is 12.4. The quantitative estimate of drug-likeness (QED) is 0.408. The molecule has 1 aliphatic rings. The molecule has 0 spiro atoms. The highest BCUT2D eigenvalue weighted by Gasteiger charge is 2.41. The van der Waals surface area contributed by atoms with E-state index in [4.69, 9.17) is 17.0 Å². The fraction of sp³-hybridized carbons (Fsp3) is 0.320. The average Bonchev–Trinajstić information content (AvgIpc) is 3.32. The standard InChI is InChI=1S/C25H28N4O3S/c1-16-15-19(17(2)29(16)21-11-5-4-9-18(21)24(31)32-3)23-22(20-10-6-7-12-26-20)27-25(33)28(23)13-8-14-30/h4-7,9-12,15,22-23,30H,8,13-14H2,1-3H3,(H,27,33)/t22-,23-/m0/s1. The van der Waals surface area contributed by atoms with Gasteiger partial charge < -0.3 is 24.6 Å². The number of nitrogens with one attached hydrogen (secondary N) is 1. The summed E-state index contributed by atoms with van der Waals surface area (Å²) in [6.07, 6.45) is 2.39. The van der Waals surface area contributed by atoms with Crippen LogP contribution in [-0.2, 0) is 4.74 Å². The van der Waals surface area contributed by atoms with Crippen molar-refractivity contribution in [1.82, 2.24) is 19.8 Å². The molecule has 1 saturated heterocycles. The average molecular weight is 465 g/mol. The van der Waals surface area contributed by atoms with Gasteiger partial charge in [0.15, 0.2) is 5.11 Å². The second kappa shape index (κ2) is 9.72. The summed E-state index contributed by atoms with van der Waals surface area (Å²) >= 11 is 5.69. The number of hydrogen-bond acceptors (Lipinski definition) is 5. The van der Waals surface area contributed by atoms with Crippen molar-refractivity contribution in [3.05, 3.63) is 82.9 Å². The Balaban J connectivity index is 1.85. The monoisotopic (exact) mass is 464 g/mol. The van der Waals surface area contributed by atoms with Crippen LogP contribution in [0.3, 0.4) is 0 Å². The normalized spacial score (nSPS) is 17.8. The molecule has 0 bridgehead atoms. The smallest absolute Gasteiger partial charge is 0.339 e.